The average Bonchev–Trinajstić information content (AvgIpc) is 2.94. The smallest absolute Gasteiger partial charge is 0.238 e. The van der Waals surface area contributed by atoms with Crippen LogP contribution >= 0.6 is 0 Å². The summed E-state index contributed by atoms with van der Waals surface area (Å²) in [6.45, 7) is 0. The number of hydrogen-bond donors (Lipinski definition) is 0. The summed E-state index contributed by atoms with van der Waals surface area (Å²) < 4.78 is 5.15. The highest BCUT2D eigenvalue weighted by Crippen LogP contribution is 2.57. The first kappa shape index (κ1) is 15.3. The van der Waals surface area contributed by atoms with E-state index in [1.807, 2.05) is 24.3 Å². The number of anilines is 1. The number of carbonyl (C=O) groups is 3. The third-order valence-electron chi connectivity index (χ3n) is 6.02. The fourth-order valence-electron chi connectivity index (χ4n) is 4.95. The van der Waals surface area contributed by atoms with Crippen LogP contribution in [-0.4, -0.2) is 24.7 Å². The summed E-state index contributed by atoms with van der Waals surface area (Å²) in [6, 6.07) is 14.6. The summed E-state index contributed by atoms with van der Waals surface area (Å²) in [5.74, 6) is -1.44. The molecular formula is C21H17NO4. The van der Waals surface area contributed by atoms with E-state index < -0.39 is 17.8 Å². The van der Waals surface area contributed by atoms with E-state index in [0.29, 0.717) is 17.9 Å². The molecule has 0 unspecified atom stereocenters. The lowest BCUT2D eigenvalue weighted by molar-refractivity contribution is -0.134. The molecule has 3 aliphatic carbocycles. The Morgan fingerprint density at radius 2 is 1.54 bits per heavy atom. The van der Waals surface area contributed by atoms with Gasteiger partial charge in [-0.3, -0.25) is 19.3 Å². The fourth-order valence-corrected chi connectivity index (χ4v) is 4.95. The third-order valence-corrected chi connectivity index (χ3v) is 6.02. The molecule has 0 radical (unpaired) electrons. The highest BCUT2D eigenvalue weighted by atomic mass is 16.5. The molecule has 26 heavy (non-hydrogen) atoms. The van der Waals surface area contributed by atoms with E-state index in [1.165, 1.54) is 4.90 Å². The van der Waals surface area contributed by atoms with Crippen molar-refractivity contribution in [3.05, 3.63) is 59.7 Å². The molecule has 4 atom stereocenters. The molecule has 1 saturated heterocycles. The van der Waals surface area contributed by atoms with Gasteiger partial charge in [0, 0.05) is 12.3 Å². The average molecular weight is 347 g/mol. The molecule has 0 aromatic heterocycles. The van der Waals surface area contributed by atoms with Crippen molar-refractivity contribution in [3.63, 3.8) is 0 Å². The molecule has 1 saturated carbocycles. The van der Waals surface area contributed by atoms with Crippen LogP contribution in [0.15, 0.2) is 48.5 Å². The van der Waals surface area contributed by atoms with Crippen molar-refractivity contribution in [2.45, 2.75) is 18.3 Å². The maximum absolute atomic E-state index is 13.2. The van der Waals surface area contributed by atoms with E-state index in [9.17, 15) is 14.4 Å². The monoisotopic (exact) mass is 347 g/mol. The normalized spacial score (nSPS) is 29.0. The first-order valence-electron chi connectivity index (χ1n) is 8.75. The Morgan fingerprint density at radius 1 is 0.885 bits per heavy atom. The lowest BCUT2D eigenvalue weighted by atomic mass is 9.56. The van der Waals surface area contributed by atoms with E-state index in [0.717, 1.165) is 11.1 Å². The topological polar surface area (TPSA) is 63.7 Å². The number of hydrogen-bond acceptors (Lipinski definition) is 4. The molecule has 6 rings (SSSR count). The predicted octanol–water partition coefficient (Wildman–Crippen LogP) is 2.65. The van der Waals surface area contributed by atoms with Crippen LogP contribution in [-0.2, 0) is 14.4 Å². The number of Topliss-reactive ketones (excluding diaryl/α,β-unsaturated/α-hetero) is 1. The Labute approximate surface area is 150 Å². The quantitative estimate of drug-likeness (QED) is 0.784. The first-order chi connectivity index (χ1) is 12.6. The number of rotatable bonds is 2. The zero-order valence-electron chi connectivity index (χ0n) is 14.2. The summed E-state index contributed by atoms with van der Waals surface area (Å²) >= 11 is 0. The number of fused-ring (bicyclic) bond motifs is 1. The standard InChI is InChI=1S/C21H17NO4/c1-26-12-8-6-11(7-9-12)22-20(24)18-15-10-16(23)17(19(18)21(22)25)14-5-3-2-4-13(14)15/h2-9,15,17-19H,10H2,1H3/t15-,17+,18+,19+/m0/s1. The maximum atomic E-state index is 13.2. The van der Waals surface area contributed by atoms with E-state index in [1.54, 1.807) is 31.4 Å². The van der Waals surface area contributed by atoms with Crippen LogP contribution in [0.1, 0.15) is 29.4 Å². The molecule has 2 aromatic rings. The van der Waals surface area contributed by atoms with Gasteiger partial charge < -0.3 is 4.74 Å². The van der Waals surface area contributed by atoms with Crippen molar-refractivity contribution in [2.75, 3.05) is 12.0 Å². The van der Waals surface area contributed by atoms with Gasteiger partial charge in [0.15, 0.2) is 0 Å². The Bertz CT molecular complexity index is 949. The molecule has 1 aliphatic heterocycles. The largest absolute Gasteiger partial charge is 0.497 e. The lowest BCUT2D eigenvalue weighted by Gasteiger charge is -2.43. The van der Waals surface area contributed by atoms with Crippen LogP contribution in [0.2, 0.25) is 0 Å². The number of ether oxygens (including phenoxy) is 1. The minimum atomic E-state index is -0.578. The van der Waals surface area contributed by atoms with Gasteiger partial charge in [-0.15, -0.1) is 0 Å². The maximum Gasteiger partial charge on any atom is 0.238 e. The number of imide groups is 1. The molecule has 2 bridgehead atoms. The zero-order chi connectivity index (χ0) is 18.0. The van der Waals surface area contributed by atoms with E-state index >= 15 is 0 Å². The molecule has 2 amide bonds. The zero-order valence-corrected chi connectivity index (χ0v) is 14.2. The number of nitrogens with zero attached hydrogens (tertiary/aromatic N) is 1. The predicted molar refractivity (Wildman–Crippen MR) is 94.0 cm³/mol. The summed E-state index contributed by atoms with van der Waals surface area (Å²) in [5.41, 5.74) is 2.51. The Kier molecular flexibility index (Phi) is 3.11. The SMILES string of the molecule is COc1ccc(N2C(=O)[C@H]3[C@H](C2=O)[C@H]2C(=O)C[C@H]3c3ccccc32)cc1. The first-order valence-corrected chi connectivity index (χ1v) is 8.75. The Balaban J connectivity index is 1.61. The van der Waals surface area contributed by atoms with Gasteiger partial charge in [-0.25, -0.2) is 0 Å². The van der Waals surface area contributed by atoms with Gasteiger partial charge in [-0.1, -0.05) is 24.3 Å². The van der Waals surface area contributed by atoms with Gasteiger partial charge >= 0.3 is 0 Å². The van der Waals surface area contributed by atoms with Crippen molar-refractivity contribution < 1.29 is 19.1 Å². The molecule has 2 fully saturated rings. The van der Waals surface area contributed by atoms with Crippen LogP contribution in [0.3, 0.4) is 0 Å². The Morgan fingerprint density at radius 3 is 2.23 bits per heavy atom. The number of carbonyl (C=O) groups excluding carboxylic acids is 3. The number of benzene rings is 2. The van der Waals surface area contributed by atoms with Crippen LogP contribution in [0.4, 0.5) is 5.69 Å². The molecule has 0 spiro atoms. The van der Waals surface area contributed by atoms with Crippen molar-refractivity contribution in [2.24, 2.45) is 11.8 Å². The van der Waals surface area contributed by atoms with Crippen LogP contribution < -0.4 is 9.64 Å². The van der Waals surface area contributed by atoms with Crippen molar-refractivity contribution in [3.8, 4) is 5.75 Å². The minimum absolute atomic E-state index is 0.0766. The van der Waals surface area contributed by atoms with Gasteiger partial charge in [0.2, 0.25) is 11.8 Å². The van der Waals surface area contributed by atoms with Crippen LogP contribution in [0, 0.1) is 11.8 Å². The van der Waals surface area contributed by atoms with Gasteiger partial charge in [-0.2, -0.15) is 0 Å². The van der Waals surface area contributed by atoms with E-state index in [2.05, 4.69) is 0 Å². The van der Waals surface area contributed by atoms with Crippen molar-refractivity contribution >= 4 is 23.3 Å². The van der Waals surface area contributed by atoms with Crippen LogP contribution in [0.5, 0.6) is 5.75 Å². The molecular weight excluding hydrogens is 330 g/mol. The molecule has 5 heteroatoms. The molecule has 4 aliphatic rings. The van der Waals surface area contributed by atoms with Gasteiger partial charge in [0.05, 0.1) is 30.6 Å². The van der Waals surface area contributed by atoms with Gasteiger partial charge in [0.1, 0.15) is 11.5 Å². The van der Waals surface area contributed by atoms with Crippen LogP contribution in [0.25, 0.3) is 0 Å². The number of methoxy groups -OCH3 is 1. The second-order valence-corrected chi connectivity index (χ2v) is 7.14. The van der Waals surface area contributed by atoms with Gasteiger partial charge in [0.25, 0.3) is 0 Å². The molecule has 1 heterocycles. The minimum Gasteiger partial charge on any atom is -0.497 e. The molecule has 0 N–H and O–H groups in total. The third kappa shape index (κ3) is 1.83. The highest BCUT2D eigenvalue weighted by Gasteiger charge is 2.62. The van der Waals surface area contributed by atoms with Crippen molar-refractivity contribution in [1.82, 2.24) is 0 Å². The molecule has 2 aromatic carbocycles. The summed E-state index contributed by atoms with van der Waals surface area (Å²) in [7, 11) is 1.57. The second-order valence-electron chi connectivity index (χ2n) is 7.14. The number of ketones is 1. The van der Waals surface area contributed by atoms with Crippen molar-refractivity contribution in [1.29, 1.82) is 0 Å². The Hall–Kier alpha value is -2.95. The summed E-state index contributed by atoms with van der Waals surface area (Å²) in [6.07, 6.45) is 0.346. The fraction of sp³-hybridized carbons (Fsp3) is 0.286. The molecule has 130 valence electrons. The van der Waals surface area contributed by atoms with E-state index in [4.69, 9.17) is 4.74 Å². The molecule has 5 nitrogen and oxygen atoms in total. The summed E-state index contributed by atoms with van der Waals surface area (Å²) in [5, 5.41) is 0. The number of amides is 2. The second kappa shape index (κ2) is 5.27. The van der Waals surface area contributed by atoms with Gasteiger partial charge in [-0.05, 0) is 35.4 Å². The summed E-state index contributed by atoms with van der Waals surface area (Å²) in [4.78, 5) is 40.3. The lowest BCUT2D eigenvalue weighted by Crippen LogP contribution is -2.44. The highest BCUT2D eigenvalue weighted by molar-refractivity contribution is 6.24. The van der Waals surface area contributed by atoms with E-state index in [-0.39, 0.29) is 23.5 Å².